The fourth-order valence-electron chi connectivity index (χ4n) is 4.49. The van der Waals surface area contributed by atoms with E-state index >= 15 is 0 Å². The van der Waals surface area contributed by atoms with Crippen LogP contribution in [0.2, 0.25) is 0 Å². The maximum Gasteiger partial charge on any atom is 0.488 e. The average molecular weight is 441 g/mol. The van der Waals surface area contributed by atoms with E-state index in [0.717, 1.165) is 24.0 Å². The largest absolute Gasteiger partial charge is 0.488 e. The van der Waals surface area contributed by atoms with Crippen LogP contribution in [0.4, 0.5) is 0 Å². The molecular formula is C23H32BN3O5. The van der Waals surface area contributed by atoms with Crippen LogP contribution in [-0.2, 0) is 22.7 Å². The molecule has 5 N–H and O–H groups in total. The van der Waals surface area contributed by atoms with Crippen molar-refractivity contribution in [3.8, 4) is 0 Å². The molecule has 8 nitrogen and oxygen atoms in total. The third kappa shape index (κ3) is 6.29. The fourth-order valence-corrected chi connectivity index (χ4v) is 4.49. The van der Waals surface area contributed by atoms with E-state index in [1.165, 1.54) is 6.92 Å². The summed E-state index contributed by atoms with van der Waals surface area (Å²) in [4.78, 5) is 25.6. The number of hydrogen-bond acceptors (Lipinski definition) is 6. The van der Waals surface area contributed by atoms with Gasteiger partial charge in [-0.2, -0.15) is 0 Å². The highest BCUT2D eigenvalue weighted by Crippen LogP contribution is 2.30. The maximum absolute atomic E-state index is 12.6. The zero-order valence-corrected chi connectivity index (χ0v) is 18.4. The number of nitrogens with one attached hydrogen (secondary N) is 2. The van der Waals surface area contributed by atoms with Crippen molar-refractivity contribution >= 4 is 24.4 Å². The van der Waals surface area contributed by atoms with Crippen molar-refractivity contribution in [3.05, 3.63) is 53.6 Å². The molecule has 2 aliphatic rings. The number of amides is 2. The van der Waals surface area contributed by atoms with E-state index in [1.807, 2.05) is 17.1 Å². The van der Waals surface area contributed by atoms with Gasteiger partial charge in [-0.3, -0.25) is 9.59 Å². The Morgan fingerprint density at radius 1 is 1.22 bits per heavy atom. The molecule has 1 saturated heterocycles. The third-order valence-corrected chi connectivity index (χ3v) is 6.32. The molecule has 1 unspecified atom stereocenters. The van der Waals surface area contributed by atoms with E-state index in [0.29, 0.717) is 25.1 Å². The molecule has 0 saturated carbocycles. The minimum absolute atomic E-state index is 0.0106. The third-order valence-electron chi connectivity index (χ3n) is 6.32. The van der Waals surface area contributed by atoms with Gasteiger partial charge < -0.3 is 30.7 Å². The molecule has 0 spiro atoms. The van der Waals surface area contributed by atoms with Crippen molar-refractivity contribution in [3.63, 3.8) is 0 Å². The van der Waals surface area contributed by atoms with Gasteiger partial charge >= 0.3 is 7.12 Å². The number of carbonyl (C=O) groups is 2. The molecule has 3 rings (SSSR count). The van der Waals surface area contributed by atoms with E-state index in [1.54, 1.807) is 18.2 Å². The summed E-state index contributed by atoms with van der Waals surface area (Å²) >= 11 is 0. The summed E-state index contributed by atoms with van der Waals surface area (Å²) in [6.07, 6.45) is 10.1. The molecule has 1 aromatic rings. The van der Waals surface area contributed by atoms with Crippen molar-refractivity contribution in [1.82, 2.24) is 15.5 Å². The number of likely N-dealkylation sites (tertiary alicyclic amines) is 1. The summed E-state index contributed by atoms with van der Waals surface area (Å²) in [6, 6.07) is 5.16. The Kier molecular flexibility index (Phi) is 8.64. The Bertz CT molecular complexity index is 873. The first-order chi connectivity index (χ1) is 15.4. The minimum atomic E-state index is -1.56. The van der Waals surface area contributed by atoms with Crippen molar-refractivity contribution in [2.75, 3.05) is 19.6 Å². The van der Waals surface area contributed by atoms with Crippen LogP contribution in [0.25, 0.3) is 0 Å². The van der Waals surface area contributed by atoms with Gasteiger partial charge in [0, 0.05) is 32.6 Å². The Balaban J connectivity index is 1.71. The molecule has 0 bridgehead atoms. The lowest BCUT2D eigenvalue weighted by Gasteiger charge is -2.42. The lowest BCUT2D eigenvalue weighted by Crippen LogP contribution is -2.54. The van der Waals surface area contributed by atoms with Gasteiger partial charge in [0.15, 0.2) is 0 Å². The van der Waals surface area contributed by atoms with Crippen LogP contribution >= 0.6 is 0 Å². The molecule has 1 aromatic carbocycles. The number of rotatable bonds is 8. The molecule has 9 heteroatoms. The van der Waals surface area contributed by atoms with Crippen LogP contribution < -0.4 is 16.1 Å². The highest BCUT2D eigenvalue weighted by Gasteiger charge is 2.35. The van der Waals surface area contributed by atoms with Crippen LogP contribution in [0.15, 0.2) is 42.5 Å². The first-order valence-corrected chi connectivity index (χ1v) is 11.1. The molecule has 2 amide bonds. The standard InChI is InChI=1S/C23H32BN3O5/c1-16(29)25-13-23(30)27-10-9-22(21(14-27)17-5-3-2-4-6-17)26-12-19-11-20(24(31)32)8-7-18(19)15-28/h2-5,7-8,11,17,21-22,26,28,31-32H,6,9-10,12-15H2,1H3,(H,25,29)/t17?,21-,22-/m0/s1. The van der Waals surface area contributed by atoms with E-state index in [2.05, 4.69) is 22.8 Å². The number of nitrogens with zero attached hydrogens (tertiary/aromatic N) is 1. The zero-order chi connectivity index (χ0) is 23.1. The summed E-state index contributed by atoms with van der Waals surface area (Å²) < 4.78 is 0. The smallest absolute Gasteiger partial charge is 0.423 e. The fraction of sp³-hybridized carbons (Fsp3) is 0.478. The van der Waals surface area contributed by atoms with Gasteiger partial charge in [-0.15, -0.1) is 0 Å². The predicted molar refractivity (Wildman–Crippen MR) is 123 cm³/mol. The maximum atomic E-state index is 12.6. The Morgan fingerprint density at radius 2 is 2.03 bits per heavy atom. The molecule has 3 atom stereocenters. The van der Waals surface area contributed by atoms with E-state index in [-0.39, 0.29) is 42.8 Å². The van der Waals surface area contributed by atoms with E-state index in [4.69, 9.17) is 0 Å². The van der Waals surface area contributed by atoms with Gasteiger partial charge in [0.05, 0.1) is 13.2 Å². The van der Waals surface area contributed by atoms with Gasteiger partial charge in [0.25, 0.3) is 0 Å². The van der Waals surface area contributed by atoms with Crippen LogP contribution in [0, 0.1) is 11.8 Å². The summed E-state index contributed by atoms with van der Waals surface area (Å²) in [5.41, 5.74) is 1.94. The zero-order valence-electron chi connectivity index (χ0n) is 18.4. The average Bonchev–Trinajstić information content (AvgIpc) is 2.81. The summed E-state index contributed by atoms with van der Waals surface area (Å²) in [7, 11) is -1.56. The Labute approximate surface area is 189 Å². The van der Waals surface area contributed by atoms with Gasteiger partial charge in [0.2, 0.25) is 11.8 Å². The van der Waals surface area contributed by atoms with Crippen LogP contribution in [0.3, 0.4) is 0 Å². The molecule has 32 heavy (non-hydrogen) atoms. The highest BCUT2D eigenvalue weighted by atomic mass is 16.4. The number of piperidine rings is 1. The van der Waals surface area contributed by atoms with Crippen molar-refractivity contribution < 1.29 is 24.7 Å². The van der Waals surface area contributed by atoms with Gasteiger partial charge in [-0.25, -0.2) is 0 Å². The van der Waals surface area contributed by atoms with E-state index < -0.39 is 7.12 Å². The van der Waals surface area contributed by atoms with Crippen LogP contribution in [-0.4, -0.2) is 64.7 Å². The molecule has 1 aliphatic heterocycles. The van der Waals surface area contributed by atoms with Gasteiger partial charge in [-0.1, -0.05) is 42.5 Å². The Hall–Kier alpha value is -2.46. The molecule has 0 aromatic heterocycles. The first kappa shape index (κ1) is 24.2. The van der Waals surface area contributed by atoms with Crippen molar-refractivity contribution in [2.24, 2.45) is 11.8 Å². The SMILES string of the molecule is CC(=O)NCC(=O)N1CC[C@H](NCc2cc(B(O)O)ccc2CO)[C@H](C2C=CC=CC2)C1. The van der Waals surface area contributed by atoms with Crippen LogP contribution in [0.5, 0.6) is 0 Å². The lowest BCUT2D eigenvalue weighted by atomic mass is 9.77. The van der Waals surface area contributed by atoms with Gasteiger partial charge in [-0.05, 0) is 41.3 Å². The summed E-state index contributed by atoms with van der Waals surface area (Å²) in [6.45, 7) is 2.95. The van der Waals surface area contributed by atoms with E-state index in [9.17, 15) is 24.7 Å². The number of carbonyl (C=O) groups excluding carboxylic acids is 2. The normalized spacial score (nSPS) is 22.6. The van der Waals surface area contributed by atoms with Crippen LogP contribution in [0.1, 0.15) is 30.9 Å². The molecular weight excluding hydrogens is 409 g/mol. The second-order valence-electron chi connectivity index (χ2n) is 8.46. The monoisotopic (exact) mass is 441 g/mol. The topological polar surface area (TPSA) is 122 Å². The summed E-state index contributed by atoms with van der Waals surface area (Å²) in [5, 5.41) is 34.9. The summed E-state index contributed by atoms with van der Waals surface area (Å²) in [5.74, 6) is 0.181. The van der Waals surface area contributed by atoms with Crippen molar-refractivity contribution in [2.45, 2.75) is 39.0 Å². The number of benzene rings is 1. The molecule has 1 heterocycles. The number of allylic oxidation sites excluding steroid dienone is 4. The quantitative estimate of drug-likeness (QED) is 0.345. The molecule has 1 aliphatic carbocycles. The number of aliphatic hydroxyl groups is 1. The molecule has 0 radical (unpaired) electrons. The molecule has 172 valence electrons. The minimum Gasteiger partial charge on any atom is -0.423 e. The van der Waals surface area contributed by atoms with Crippen molar-refractivity contribution in [1.29, 1.82) is 0 Å². The molecule has 1 fully saturated rings. The number of aliphatic hydroxyl groups excluding tert-OH is 1. The second kappa shape index (κ2) is 11.4. The number of hydrogen-bond donors (Lipinski definition) is 5. The highest BCUT2D eigenvalue weighted by molar-refractivity contribution is 6.58. The Morgan fingerprint density at radius 3 is 2.69 bits per heavy atom. The second-order valence-corrected chi connectivity index (χ2v) is 8.46. The first-order valence-electron chi connectivity index (χ1n) is 11.1. The van der Waals surface area contributed by atoms with Gasteiger partial charge in [0.1, 0.15) is 0 Å². The predicted octanol–water partition coefficient (Wildman–Crippen LogP) is -0.566. The lowest BCUT2D eigenvalue weighted by molar-refractivity contribution is -0.134.